The first-order valence-electron chi connectivity index (χ1n) is 31.0. The molecule has 0 unspecified atom stereocenters. The van der Waals surface area contributed by atoms with Gasteiger partial charge in [0.15, 0.2) is 0 Å². The van der Waals surface area contributed by atoms with E-state index in [4.69, 9.17) is 0 Å². The van der Waals surface area contributed by atoms with E-state index in [-0.39, 0.29) is 0 Å². The van der Waals surface area contributed by atoms with Gasteiger partial charge in [-0.2, -0.15) is 0 Å². The third-order valence-electron chi connectivity index (χ3n) is 21.1. The minimum absolute atomic E-state index is 0.426. The van der Waals surface area contributed by atoms with Crippen molar-refractivity contribution >= 4 is 21.8 Å². The van der Waals surface area contributed by atoms with Gasteiger partial charge in [-0.3, -0.25) is 0 Å². The lowest BCUT2D eigenvalue weighted by Gasteiger charge is -2.35. The van der Waals surface area contributed by atoms with Gasteiger partial charge in [0.25, 0.3) is 0 Å². The number of hydrogen-bond acceptors (Lipinski definition) is 0. The van der Waals surface area contributed by atoms with Crippen LogP contribution in [0.25, 0.3) is 105 Å². The Morgan fingerprint density at radius 1 is 0.205 bits per heavy atom. The molecule has 2 spiro atoms. The maximum atomic E-state index is 2.48. The van der Waals surface area contributed by atoms with E-state index in [0.717, 1.165) is 5.69 Å². The molecule has 0 atom stereocenters. The van der Waals surface area contributed by atoms with Crippen molar-refractivity contribution in [2.24, 2.45) is 0 Å². The quantitative estimate of drug-likeness (QED) is 0.162. The zero-order valence-corrected chi connectivity index (χ0v) is 48.0. The Balaban J connectivity index is 0.822. The van der Waals surface area contributed by atoms with Crippen LogP contribution in [-0.2, 0) is 16.2 Å². The molecule has 0 bridgehead atoms. The van der Waals surface area contributed by atoms with Crippen LogP contribution in [0.2, 0.25) is 0 Å². The fourth-order valence-electron chi connectivity index (χ4n) is 18.0. The van der Waals surface area contributed by atoms with Crippen LogP contribution in [-0.4, -0.2) is 4.57 Å². The predicted molar refractivity (Wildman–Crippen MR) is 362 cm³/mol. The molecule has 0 fully saturated rings. The number of aromatic nitrogens is 1. The number of para-hydroxylation sites is 2. The van der Waals surface area contributed by atoms with Crippen molar-refractivity contribution in [2.75, 3.05) is 0 Å². The summed E-state index contributed by atoms with van der Waals surface area (Å²) in [5.41, 5.74) is 35.8. The van der Waals surface area contributed by atoms with Gasteiger partial charge in [0.05, 0.1) is 27.3 Å². The van der Waals surface area contributed by atoms with Crippen molar-refractivity contribution < 1.29 is 0 Å². The summed E-state index contributed by atoms with van der Waals surface area (Å²) in [7, 11) is 0. The van der Waals surface area contributed by atoms with Crippen molar-refractivity contribution in [3.8, 4) is 83.6 Å². The number of hydrogen-bond donors (Lipinski definition) is 0. The van der Waals surface area contributed by atoms with E-state index in [2.05, 4.69) is 326 Å². The van der Waals surface area contributed by atoms with Gasteiger partial charge in [0.2, 0.25) is 0 Å². The molecule has 0 saturated carbocycles. The molecule has 406 valence electrons. The Labute approximate surface area is 511 Å². The highest BCUT2D eigenvalue weighted by Crippen LogP contribution is 2.67. The van der Waals surface area contributed by atoms with Gasteiger partial charge in [0.1, 0.15) is 0 Å². The van der Waals surface area contributed by atoms with E-state index in [9.17, 15) is 0 Å². The molecule has 0 radical (unpaired) electrons. The Morgan fingerprint density at radius 3 is 1.00 bits per heavy atom. The molecule has 5 aliphatic carbocycles. The highest BCUT2D eigenvalue weighted by molar-refractivity contribution is 6.15. The number of rotatable bonds is 5. The molecule has 15 aromatic rings. The molecule has 88 heavy (non-hydrogen) atoms. The van der Waals surface area contributed by atoms with Gasteiger partial charge >= 0.3 is 0 Å². The Bertz CT molecular complexity index is 5170. The fourth-order valence-corrected chi connectivity index (χ4v) is 18.0. The van der Waals surface area contributed by atoms with Crippen LogP contribution < -0.4 is 0 Å². The average molecular weight is 1110 g/mol. The molecule has 0 amide bonds. The first kappa shape index (κ1) is 48.2. The van der Waals surface area contributed by atoms with E-state index in [0.29, 0.717) is 0 Å². The van der Waals surface area contributed by atoms with Crippen LogP contribution in [0, 0.1) is 0 Å². The second kappa shape index (κ2) is 17.5. The summed E-state index contributed by atoms with van der Waals surface area (Å²) < 4.78 is 2.48. The van der Waals surface area contributed by atoms with E-state index in [1.165, 1.54) is 166 Å². The van der Waals surface area contributed by atoms with Gasteiger partial charge in [-0.25, -0.2) is 0 Å². The number of nitrogens with zero attached hydrogens (tertiary/aromatic N) is 1. The molecule has 0 N–H and O–H groups in total. The molecule has 5 aliphatic rings. The minimum Gasteiger partial charge on any atom is -0.309 e. The summed E-state index contributed by atoms with van der Waals surface area (Å²) in [5, 5.41) is 2.52. The van der Waals surface area contributed by atoms with Gasteiger partial charge in [0, 0.05) is 16.5 Å². The summed E-state index contributed by atoms with van der Waals surface area (Å²) in [5.74, 6) is 0. The standard InChI is InChI=1S/C87H53N/c1-2-22-58(23-3-1)88-79-43-19-11-31-69(79)83-80(88)53-52-66-65-28-8-12-34-70(65)85(84(66)83,56-48-44-54(45-49-56)59-32-20-41-77-81(59)67-29-9-17-39-75(67)86(77)71-35-13-4-24-61(71)62-25-5-14-36-72(62)86)57-50-46-55(47-51-57)60-33-21-42-78-82(60)68-30-10-18-40-76(68)87(78)73-37-15-6-26-63(73)64-27-7-16-38-74(64)87/h1-53H. The van der Waals surface area contributed by atoms with E-state index in [1.54, 1.807) is 0 Å². The highest BCUT2D eigenvalue weighted by atomic mass is 15.0. The number of fused-ring (bicyclic) bond motifs is 27. The van der Waals surface area contributed by atoms with Crippen LogP contribution in [0.1, 0.15) is 66.8 Å². The lowest BCUT2D eigenvalue weighted by molar-refractivity contribution is 0.776. The molecule has 1 heteroatoms. The SMILES string of the molecule is c1ccc(-n2c3ccccc3c3c4c(ccc32)-c2ccccc2C4(c2ccc(-c3cccc4c3-c3ccccc3C43c4ccccc4-c4ccccc43)cc2)c2ccc(-c3cccc4c3-c3ccccc3C43c4ccccc4-c4ccccc43)cc2)cc1. The van der Waals surface area contributed by atoms with Crippen LogP contribution in [0.4, 0.5) is 0 Å². The predicted octanol–water partition coefficient (Wildman–Crippen LogP) is 21.2. The summed E-state index contributed by atoms with van der Waals surface area (Å²) >= 11 is 0. The monoisotopic (exact) mass is 1110 g/mol. The van der Waals surface area contributed by atoms with Crippen molar-refractivity contribution in [3.05, 3.63) is 388 Å². The zero-order chi connectivity index (χ0) is 57.5. The lowest BCUT2D eigenvalue weighted by Crippen LogP contribution is -2.29. The smallest absolute Gasteiger partial charge is 0.0725 e. The van der Waals surface area contributed by atoms with E-state index >= 15 is 0 Å². The summed E-state index contributed by atoms with van der Waals surface area (Å²) in [6, 6.07) is 123. The molecular formula is C87H53N. The Hall–Kier alpha value is -11.1. The summed E-state index contributed by atoms with van der Waals surface area (Å²) in [6.07, 6.45) is 0. The van der Waals surface area contributed by atoms with E-state index in [1.807, 2.05) is 0 Å². The molecule has 20 rings (SSSR count). The first-order chi connectivity index (χ1) is 43.7. The van der Waals surface area contributed by atoms with Crippen LogP contribution in [0.15, 0.2) is 322 Å². The second-order valence-corrected chi connectivity index (χ2v) is 24.8. The van der Waals surface area contributed by atoms with Crippen molar-refractivity contribution in [3.63, 3.8) is 0 Å². The summed E-state index contributed by atoms with van der Waals surface area (Å²) in [4.78, 5) is 0. The fraction of sp³-hybridized carbons (Fsp3) is 0.0345. The van der Waals surface area contributed by atoms with Crippen molar-refractivity contribution in [1.82, 2.24) is 4.57 Å². The molecular weight excluding hydrogens is 1060 g/mol. The molecule has 0 aliphatic heterocycles. The van der Waals surface area contributed by atoms with E-state index < -0.39 is 16.2 Å². The molecule has 1 heterocycles. The third kappa shape index (κ3) is 5.78. The average Bonchev–Trinajstić information content (AvgIpc) is 1.59. The number of benzene rings is 14. The summed E-state index contributed by atoms with van der Waals surface area (Å²) in [6.45, 7) is 0. The Morgan fingerprint density at radius 2 is 0.545 bits per heavy atom. The maximum Gasteiger partial charge on any atom is 0.0725 e. The van der Waals surface area contributed by atoms with Gasteiger partial charge in [-0.15, -0.1) is 0 Å². The van der Waals surface area contributed by atoms with Crippen LogP contribution >= 0.6 is 0 Å². The van der Waals surface area contributed by atoms with Crippen molar-refractivity contribution in [2.45, 2.75) is 16.2 Å². The van der Waals surface area contributed by atoms with Gasteiger partial charge < -0.3 is 4.57 Å². The second-order valence-electron chi connectivity index (χ2n) is 24.8. The van der Waals surface area contributed by atoms with Crippen LogP contribution in [0.3, 0.4) is 0 Å². The maximum absolute atomic E-state index is 2.48. The minimum atomic E-state index is -0.729. The van der Waals surface area contributed by atoms with Crippen LogP contribution in [0.5, 0.6) is 0 Å². The molecule has 1 nitrogen and oxygen atoms in total. The molecule has 0 saturated heterocycles. The van der Waals surface area contributed by atoms with Gasteiger partial charge in [-0.05, 0) is 169 Å². The first-order valence-corrected chi connectivity index (χ1v) is 31.0. The molecule has 1 aromatic heterocycles. The topological polar surface area (TPSA) is 4.93 Å². The largest absolute Gasteiger partial charge is 0.309 e. The third-order valence-corrected chi connectivity index (χ3v) is 21.1. The normalized spacial score (nSPS) is 14.6. The van der Waals surface area contributed by atoms with Crippen molar-refractivity contribution in [1.29, 1.82) is 0 Å². The Kier molecular flexibility index (Phi) is 9.58. The molecule has 14 aromatic carbocycles. The lowest BCUT2D eigenvalue weighted by atomic mass is 9.66. The van der Waals surface area contributed by atoms with Gasteiger partial charge in [-0.1, -0.05) is 297 Å². The highest BCUT2D eigenvalue weighted by Gasteiger charge is 2.54. The zero-order valence-electron chi connectivity index (χ0n) is 48.0.